The fourth-order valence-corrected chi connectivity index (χ4v) is 2.52. The maximum Gasteiger partial charge on any atom is 0.0699 e. The number of ether oxygens (including phenoxy) is 1. The van der Waals surface area contributed by atoms with E-state index < -0.39 is 0 Å². The Morgan fingerprint density at radius 2 is 2.06 bits per heavy atom. The van der Waals surface area contributed by atoms with E-state index >= 15 is 0 Å². The highest BCUT2D eigenvalue weighted by Gasteiger charge is 2.15. The van der Waals surface area contributed by atoms with Gasteiger partial charge in [0, 0.05) is 13.2 Å². The molecule has 96 valence electrons. The minimum Gasteiger partial charge on any atom is -0.377 e. The minimum absolute atomic E-state index is 0. The van der Waals surface area contributed by atoms with Gasteiger partial charge in [0.25, 0.3) is 0 Å². The van der Waals surface area contributed by atoms with Gasteiger partial charge in [-0.3, -0.25) is 0 Å². The largest absolute Gasteiger partial charge is 0.377 e. The normalized spacial score (nSPS) is 30.8. The van der Waals surface area contributed by atoms with E-state index in [1.54, 1.807) is 0 Å². The molecule has 0 spiro atoms. The van der Waals surface area contributed by atoms with Crippen LogP contribution in [-0.4, -0.2) is 38.9 Å². The molecule has 0 aromatic carbocycles. The standard InChI is InChI=1S/C12H24N2O.ClH/c1-2-7-15-12(5-1)10-14-9-11-4-3-6-13-8-11;/h11-14H,1-10H2;1H. The van der Waals surface area contributed by atoms with Crippen molar-refractivity contribution in [1.29, 1.82) is 0 Å². The molecule has 0 saturated carbocycles. The lowest BCUT2D eigenvalue weighted by molar-refractivity contribution is 0.0164. The highest BCUT2D eigenvalue weighted by atomic mass is 35.5. The number of nitrogens with one attached hydrogen (secondary N) is 2. The van der Waals surface area contributed by atoms with E-state index in [1.165, 1.54) is 45.2 Å². The zero-order chi connectivity index (χ0) is 10.3. The van der Waals surface area contributed by atoms with E-state index in [9.17, 15) is 0 Å². The predicted octanol–water partition coefficient (Wildman–Crippen LogP) is 1.57. The second kappa shape index (κ2) is 8.29. The maximum absolute atomic E-state index is 5.69. The fraction of sp³-hybridized carbons (Fsp3) is 1.00. The Balaban J connectivity index is 0.00000128. The van der Waals surface area contributed by atoms with Gasteiger partial charge in [0.2, 0.25) is 0 Å². The molecule has 0 aliphatic carbocycles. The van der Waals surface area contributed by atoms with Crippen molar-refractivity contribution in [2.75, 3.05) is 32.8 Å². The third kappa shape index (κ3) is 5.00. The first kappa shape index (κ1) is 14.2. The van der Waals surface area contributed by atoms with Gasteiger partial charge in [0.1, 0.15) is 0 Å². The SMILES string of the molecule is C1CCC(CNCC2CCCNC2)OC1.Cl. The van der Waals surface area contributed by atoms with Crippen LogP contribution in [0.2, 0.25) is 0 Å². The van der Waals surface area contributed by atoms with E-state index in [2.05, 4.69) is 10.6 Å². The lowest BCUT2D eigenvalue weighted by atomic mass is 9.99. The van der Waals surface area contributed by atoms with Crippen molar-refractivity contribution in [2.24, 2.45) is 5.92 Å². The molecule has 2 heterocycles. The van der Waals surface area contributed by atoms with Gasteiger partial charge in [-0.05, 0) is 57.7 Å². The van der Waals surface area contributed by atoms with Crippen LogP contribution >= 0.6 is 12.4 Å². The molecule has 0 bridgehead atoms. The molecule has 4 heteroatoms. The van der Waals surface area contributed by atoms with Crippen LogP contribution in [-0.2, 0) is 4.74 Å². The first-order chi connectivity index (χ1) is 7.45. The predicted molar refractivity (Wildman–Crippen MR) is 69.3 cm³/mol. The Labute approximate surface area is 105 Å². The monoisotopic (exact) mass is 248 g/mol. The van der Waals surface area contributed by atoms with Gasteiger partial charge in [-0.15, -0.1) is 12.4 Å². The summed E-state index contributed by atoms with van der Waals surface area (Å²) in [5, 5.41) is 7.01. The molecule has 2 atom stereocenters. The second-order valence-electron chi connectivity index (χ2n) is 4.86. The van der Waals surface area contributed by atoms with E-state index in [0.29, 0.717) is 6.10 Å². The number of piperidine rings is 1. The average Bonchev–Trinajstić information content (AvgIpc) is 2.32. The first-order valence-corrected chi connectivity index (χ1v) is 6.48. The van der Waals surface area contributed by atoms with Gasteiger partial charge >= 0.3 is 0 Å². The fourth-order valence-electron chi connectivity index (χ4n) is 2.52. The van der Waals surface area contributed by atoms with Crippen LogP contribution in [0, 0.1) is 5.92 Å². The summed E-state index contributed by atoms with van der Waals surface area (Å²) in [6.07, 6.45) is 7.05. The van der Waals surface area contributed by atoms with Gasteiger partial charge in [0.05, 0.1) is 6.10 Å². The van der Waals surface area contributed by atoms with Crippen LogP contribution in [0.4, 0.5) is 0 Å². The Kier molecular flexibility index (Phi) is 7.37. The van der Waals surface area contributed by atoms with Crippen LogP contribution in [0.5, 0.6) is 0 Å². The van der Waals surface area contributed by atoms with E-state index in [0.717, 1.165) is 25.6 Å². The summed E-state index contributed by atoms with van der Waals surface area (Å²) in [5.41, 5.74) is 0. The van der Waals surface area contributed by atoms with Crippen molar-refractivity contribution in [1.82, 2.24) is 10.6 Å². The summed E-state index contributed by atoms with van der Waals surface area (Å²) in [4.78, 5) is 0. The highest BCUT2D eigenvalue weighted by molar-refractivity contribution is 5.85. The average molecular weight is 249 g/mol. The molecule has 16 heavy (non-hydrogen) atoms. The molecule has 0 amide bonds. The van der Waals surface area contributed by atoms with Gasteiger partial charge in [-0.1, -0.05) is 0 Å². The molecule has 0 aromatic heterocycles. The van der Waals surface area contributed by atoms with E-state index in [1.807, 2.05) is 0 Å². The summed E-state index contributed by atoms with van der Waals surface area (Å²) in [6.45, 7) is 5.58. The van der Waals surface area contributed by atoms with Gasteiger partial charge in [-0.25, -0.2) is 0 Å². The number of hydrogen-bond acceptors (Lipinski definition) is 3. The van der Waals surface area contributed by atoms with Crippen LogP contribution in [0.25, 0.3) is 0 Å². The van der Waals surface area contributed by atoms with Crippen molar-refractivity contribution in [2.45, 2.75) is 38.2 Å². The quantitative estimate of drug-likeness (QED) is 0.793. The number of halogens is 1. The topological polar surface area (TPSA) is 33.3 Å². The lowest BCUT2D eigenvalue weighted by Crippen LogP contribution is -2.39. The Morgan fingerprint density at radius 1 is 1.12 bits per heavy atom. The zero-order valence-corrected chi connectivity index (χ0v) is 10.9. The molecule has 2 aliphatic rings. The Morgan fingerprint density at radius 3 is 2.75 bits per heavy atom. The summed E-state index contributed by atoms with van der Waals surface area (Å²) in [5.74, 6) is 0.836. The molecule has 0 aromatic rings. The van der Waals surface area contributed by atoms with Crippen molar-refractivity contribution in [3.8, 4) is 0 Å². The third-order valence-electron chi connectivity index (χ3n) is 3.48. The lowest BCUT2D eigenvalue weighted by Gasteiger charge is -2.26. The third-order valence-corrected chi connectivity index (χ3v) is 3.48. The molecule has 2 unspecified atom stereocenters. The van der Waals surface area contributed by atoms with E-state index in [-0.39, 0.29) is 12.4 Å². The van der Waals surface area contributed by atoms with Crippen molar-refractivity contribution in [3.05, 3.63) is 0 Å². The van der Waals surface area contributed by atoms with Crippen molar-refractivity contribution >= 4 is 12.4 Å². The van der Waals surface area contributed by atoms with Gasteiger partial charge in [-0.2, -0.15) is 0 Å². The van der Waals surface area contributed by atoms with Gasteiger partial charge < -0.3 is 15.4 Å². The molecule has 2 N–H and O–H groups in total. The molecule has 0 radical (unpaired) electrons. The molecule has 2 aliphatic heterocycles. The summed E-state index contributed by atoms with van der Waals surface area (Å²) in [6, 6.07) is 0. The molecule has 2 rings (SSSR count). The number of hydrogen-bond donors (Lipinski definition) is 2. The Bertz CT molecular complexity index is 150. The van der Waals surface area contributed by atoms with Crippen LogP contribution in [0.3, 0.4) is 0 Å². The first-order valence-electron chi connectivity index (χ1n) is 6.48. The number of rotatable bonds is 4. The molecular weight excluding hydrogens is 224 g/mol. The van der Waals surface area contributed by atoms with Gasteiger partial charge in [0.15, 0.2) is 0 Å². The molecular formula is C12H25ClN2O. The smallest absolute Gasteiger partial charge is 0.0699 e. The molecule has 2 saturated heterocycles. The van der Waals surface area contributed by atoms with Crippen LogP contribution in [0.1, 0.15) is 32.1 Å². The second-order valence-corrected chi connectivity index (χ2v) is 4.86. The maximum atomic E-state index is 5.69. The zero-order valence-electron chi connectivity index (χ0n) is 10.0. The summed E-state index contributed by atoms with van der Waals surface area (Å²) < 4.78 is 5.69. The molecule has 2 fully saturated rings. The summed E-state index contributed by atoms with van der Waals surface area (Å²) >= 11 is 0. The van der Waals surface area contributed by atoms with Crippen molar-refractivity contribution < 1.29 is 4.74 Å². The molecule has 3 nitrogen and oxygen atoms in total. The van der Waals surface area contributed by atoms with E-state index in [4.69, 9.17) is 4.74 Å². The Hall–Kier alpha value is 0.170. The van der Waals surface area contributed by atoms with Crippen LogP contribution in [0.15, 0.2) is 0 Å². The van der Waals surface area contributed by atoms with Crippen LogP contribution < -0.4 is 10.6 Å². The van der Waals surface area contributed by atoms with Crippen molar-refractivity contribution in [3.63, 3.8) is 0 Å². The summed E-state index contributed by atoms with van der Waals surface area (Å²) in [7, 11) is 0. The minimum atomic E-state index is 0. The highest BCUT2D eigenvalue weighted by Crippen LogP contribution is 2.12.